The van der Waals surface area contributed by atoms with E-state index in [1.54, 1.807) is 36.4 Å². The van der Waals surface area contributed by atoms with Crippen LogP contribution in [0.3, 0.4) is 0 Å². The van der Waals surface area contributed by atoms with Gasteiger partial charge in [-0.25, -0.2) is 0 Å². The molecule has 0 saturated carbocycles. The van der Waals surface area contributed by atoms with Crippen LogP contribution < -0.4 is 5.32 Å². The molecule has 2 aromatic rings. The van der Waals surface area contributed by atoms with Crippen LogP contribution in [0, 0.1) is 6.92 Å². The van der Waals surface area contributed by atoms with Crippen LogP contribution in [0.5, 0.6) is 0 Å². The van der Waals surface area contributed by atoms with Gasteiger partial charge < -0.3 is 5.32 Å². The second kappa shape index (κ2) is 6.74. The van der Waals surface area contributed by atoms with E-state index < -0.39 is 11.4 Å². The molecule has 0 aliphatic rings. The van der Waals surface area contributed by atoms with Crippen molar-refractivity contribution in [3.63, 3.8) is 0 Å². The molecular weight excluding hydrogens is 309 g/mol. The first-order valence-corrected chi connectivity index (χ1v) is 7.10. The Hall–Kier alpha value is -1.84. The highest BCUT2D eigenvalue weighted by atomic mass is 35.5. The molecule has 1 N–H and O–H groups in total. The Labute approximate surface area is 132 Å². The monoisotopic (exact) mass is 321 g/mol. The third-order valence-corrected chi connectivity index (χ3v) is 3.49. The minimum Gasteiger partial charge on any atom is -0.329 e. The van der Waals surface area contributed by atoms with Crippen molar-refractivity contribution >= 4 is 34.9 Å². The lowest BCUT2D eigenvalue weighted by Gasteiger charge is -2.11. The summed E-state index contributed by atoms with van der Waals surface area (Å²) in [4.78, 5) is 24.1. The van der Waals surface area contributed by atoms with Crippen molar-refractivity contribution in [3.05, 3.63) is 70.2 Å². The van der Waals surface area contributed by atoms with Crippen molar-refractivity contribution < 1.29 is 9.59 Å². The molecule has 1 unspecified atom stereocenters. The van der Waals surface area contributed by atoms with Gasteiger partial charge in [-0.15, -0.1) is 0 Å². The summed E-state index contributed by atoms with van der Waals surface area (Å²) in [6.45, 7) is 1.93. The van der Waals surface area contributed by atoms with Crippen molar-refractivity contribution in [2.24, 2.45) is 0 Å². The van der Waals surface area contributed by atoms with Gasteiger partial charge in [-0.3, -0.25) is 9.59 Å². The SMILES string of the molecule is Cc1ccc(C(=O)NC(Cl)C(=O)c2ccc(Cl)cc2)cc1. The predicted octanol–water partition coefficient (Wildman–Crippen LogP) is 3.83. The fourth-order valence-electron chi connectivity index (χ4n) is 1.73. The first-order valence-electron chi connectivity index (χ1n) is 6.29. The molecule has 3 nitrogen and oxygen atoms in total. The lowest BCUT2D eigenvalue weighted by Crippen LogP contribution is -2.36. The standard InChI is InChI=1S/C16H13Cl2NO2/c1-10-2-4-12(5-3-10)16(21)19-15(18)14(20)11-6-8-13(17)9-7-11/h2-9,15H,1H3,(H,19,21). The van der Waals surface area contributed by atoms with Crippen LogP contribution in [0.15, 0.2) is 48.5 Å². The van der Waals surface area contributed by atoms with Gasteiger partial charge in [0.2, 0.25) is 0 Å². The van der Waals surface area contributed by atoms with Gasteiger partial charge in [-0.05, 0) is 43.3 Å². The van der Waals surface area contributed by atoms with E-state index in [0.717, 1.165) is 5.56 Å². The summed E-state index contributed by atoms with van der Waals surface area (Å²) in [5.41, 5.74) is 0.768. The summed E-state index contributed by atoms with van der Waals surface area (Å²) in [6, 6.07) is 13.3. The molecule has 0 radical (unpaired) electrons. The van der Waals surface area contributed by atoms with Crippen LogP contribution in [0.2, 0.25) is 5.02 Å². The highest BCUT2D eigenvalue weighted by Crippen LogP contribution is 2.13. The lowest BCUT2D eigenvalue weighted by molar-refractivity contribution is 0.0889. The van der Waals surface area contributed by atoms with Gasteiger partial charge >= 0.3 is 0 Å². The molecule has 0 saturated heterocycles. The average molecular weight is 322 g/mol. The van der Waals surface area contributed by atoms with Crippen LogP contribution in [0.25, 0.3) is 0 Å². The smallest absolute Gasteiger partial charge is 0.252 e. The molecule has 1 atom stereocenters. The summed E-state index contributed by atoms with van der Waals surface area (Å²) in [5, 5.41) is 3.00. The lowest BCUT2D eigenvalue weighted by atomic mass is 10.1. The van der Waals surface area contributed by atoms with Crippen molar-refractivity contribution in [3.8, 4) is 0 Å². The largest absolute Gasteiger partial charge is 0.329 e. The van der Waals surface area contributed by atoms with E-state index in [4.69, 9.17) is 23.2 Å². The number of aryl methyl sites for hydroxylation is 1. The van der Waals surface area contributed by atoms with Crippen molar-refractivity contribution in [1.82, 2.24) is 5.32 Å². The second-order valence-corrected chi connectivity index (χ2v) is 5.45. The maximum atomic E-state index is 12.1. The summed E-state index contributed by atoms with van der Waals surface area (Å²) in [6.07, 6.45) is 0. The molecule has 21 heavy (non-hydrogen) atoms. The van der Waals surface area contributed by atoms with Crippen molar-refractivity contribution in [2.75, 3.05) is 0 Å². The zero-order valence-electron chi connectivity index (χ0n) is 11.3. The van der Waals surface area contributed by atoms with E-state index in [1.807, 2.05) is 19.1 Å². The molecule has 2 aromatic carbocycles. The van der Waals surface area contributed by atoms with E-state index in [2.05, 4.69) is 5.32 Å². The van der Waals surface area contributed by atoms with E-state index in [-0.39, 0.29) is 5.78 Å². The van der Waals surface area contributed by atoms with Gasteiger partial charge in [0.1, 0.15) is 0 Å². The Kier molecular flexibility index (Phi) is 4.99. The highest BCUT2D eigenvalue weighted by molar-refractivity contribution is 6.35. The highest BCUT2D eigenvalue weighted by Gasteiger charge is 2.20. The third kappa shape index (κ3) is 4.06. The number of ketones is 1. The molecular formula is C16H13Cl2NO2. The molecule has 0 spiro atoms. The van der Waals surface area contributed by atoms with Gasteiger partial charge in [0.05, 0.1) is 0 Å². The van der Waals surface area contributed by atoms with Crippen LogP contribution in [0.4, 0.5) is 0 Å². The maximum absolute atomic E-state index is 12.1. The number of rotatable bonds is 4. The van der Waals surface area contributed by atoms with Gasteiger partial charge in [0.15, 0.2) is 11.3 Å². The van der Waals surface area contributed by atoms with Crippen LogP contribution in [-0.4, -0.2) is 17.2 Å². The number of carbonyl (C=O) groups excluding carboxylic acids is 2. The first kappa shape index (κ1) is 15.5. The number of carbonyl (C=O) groups is 2. The van der Waals surface area contributed by atoms with Crippen molar-refractivity contribution in [2.45, 2.75) is 12.4 Å². The summed E-state index contributed by atoms with van der Waals surface area (Å²) >= 11 is 11.7. The molecule has 108 valence electrons. The zero-order valence-corrected chi connectivity index (χ0v) is 12.8. The summed E-state index contributed by atoms with van der Waals surface area (Å²) in [7, 11) is 0. The van der Waals surface area contributed by atoms with Crippen LogP contribution >= 0.6 is 23.2 Å². The number of amides is 1. The fourth-order valence-corrected chi connectivity index (χ4v) is 2.08. The molecule has 0 bridgehead atoms. The molecule has 2 rings (SSSR count). The maximum Gasteiger partial charge on any atom is 0.252 e. The van der Waals surface area contributed by atoms with Gasteiger partial charge in [-0.2, -0.15) is 0 Å². The van der Waals surface area contributed by atoms with Crippen LogP contribution in [0.1, 0.15) is 26.3 Å². The Balaban J connectivity index is 2.05. The number of benzene rings is 2. The van der Waals surface area contributed by atoms with Crippen LogP contribution in [-0.2, 0) is 0 Å². The second-order valence-electron chi connectivity index (χ2n) is 4.57. The minimum atomic E-state index is -1.13. The van der Waals surface area contributed by atoms with Gasteiger partial charge in [-0.1, -0.05) is 40.9 Å². The molecule has 5 heteroatoms. The molecule has 0 fully saturated rings. The quantitative estimate of drug-likeness (QED) is 0.528. The predicted molar refractivity (Wildman–Crippen MR) is 84.1 cm³/mol. The third-order valence-electron chi connectivity index (χ3n) is 2.93. The normalized spacial score (nSPS) is 11.8. The average Bonchev–Trinajstić information content (AvgIpc) is 2.47. The Morgan fingerprint density at radius 3 is 2.05 bits per heavy atom. The van der Waals surface area contributed by atoms with E-state index in [1.165, 1.54) is 0 Å². The van der Waals surface area contributed by atoms with E-state index in [0.29, 0.717) is 16.1 Å². The number of Topliss-reactive ketones (excluding diaryl/α,β-unsaturated/α-hetero) is 1. The summed E-state index contributed by atoms with van der Waals surface area (Å²) < 4.78 is 0. The molecule has 0 aliphatic carbocycles. The van der Waals surface area contributed by atoms with Crippen molar-refractivity contribution in [1.29, 1.82) is 0 Å². The molecule has 0 aromatic heterocycles. The number of hydrogen-bond donors (Lipinski definition) is 1. The minimum absolute atomic E-state index is 0.381. The fraction of sp³-hybridized carbons (Fsp3) is 0.125. The number of hydrogen-bond acceptors (Lipinski definition) is 2. The number of nitrogens with one attached hydrogen (secondary N) is 1. The zero-order chi connectivity index (χ0) is 15.4. The topological polar surface area (TPSA) is 46.2 Å². The Morgan fingerprint density at radius 1 is 0.952 bits per heavy atom. The molecule has 1 amide bonds. The Morgan fingerprint density at radius 2 is 1.48 bits per heavy atom. The van der Waals surface area contributed by atoms with Gasteiger partial charge in [0.25, 0.3) is 5.91 Å². The van der Waals surface area contributed by atoms with E-state index in [9.17, 15) is 9.59 Å². The summed E-state index contributed by atoms with van der Waals surface area (Å²) in [5.74, 6) is -0.772. The first-order chi connectivity index (χ1) is 9.97. The number of halogens is 2. The van der Waals surface area contributed by atoms with E-state index >= 15 is 0 Å². The van der Waals surface area contributed by atoms with Gasteiger partial charge in [0, 0.05) is 16.1 Å². The Bertz CT molecular complexity index is 651. The molecule has 0 aliphatic heterocycles. The number of alkyl halides is 1. The molecule has 0 heterocycles.